The number of anilines is 1. The van der Waals surface area contributed by atoms with E-state index in [0.29, 0.717) is 22.8 Å². The Morgan fingerprint density at radius 1 is 1.06 bits per heavy atom. The molecule has 0 fully saturated rings. The van der Waals surface area contributed by atoms with Gasteiger partial charge in [0, 0.05) is 17.2 Å². The second-order valence-electron chi connectivity index (χ2n) is 7.25. The van der Waals surface area contributed by atoms with Crippen molar-refractivity contribution >= 4 is 17.7 Å². The average molecular weight is 458 g/mol. The molecule has 2 N–H and O–H groups in total. The molecule has 2 aromatic carbocycles. The van der Waals surface area contributed by atoms with Crippen molar-refractivity contribution in [3.05, 3.63) is 65.7 Å². The third kappa shape index (κ3) is 8.16. The van der Waals surface area contributed by atoms with E-state index in [1.807, 2.05) is 6.92 Å². The summed E-state index contributed by atoms with van der Waals surface area (Å²) in [6.07, 6.45) is 0.402. The van der Waals surface area contributed by atoms with Gasteiger partial charge in [-0.15, -0.1) is 0 Å². The lowest BCUT2D eigenvalue weighted by atomic mass is 9.95. The van der Waals surface area contributed by atoms with Gasteiger partial charge >= 0.3 is 12.1 Å². The van der Waals surface area contributed by atoms with E-state index in [4.69, 9.17) is 24.1 Å². The lowest BCUT2D eigenvalue weighted by Crippen LogP contribution is -2.22. The Morgan fingerprint density at radius 2 is 1.70 bits per heavy atom. The quantitative estimate of drug-likeness (QED) is 0.378. The van der Waals surface area contributed by atoms with E-state index in [0.717, 1.165) is 5.56 Å². The first kappa shape index (κ1) is 25.7. The van der Waals surface area contributed by atoms with Gasteiger partial charge in [0.15, 0.2) is 0 Å². The minimum Gasteiger partial charge on any atom is -0.497 e. The smallest absolute Gasteiger partial charge is 0.412 e. The Hall–Kier alpha value is -3.52. The van der Waals surface area contributed by atoms with Gasteiger partial charge in [-0.05, 0) is 55.8 Å². The normalized spacial score (nSPS) is 12.9. The highest BCUT2D eigenvalue weighted by Gasteiger charge is 2.24. The third-order valence-corrected chi connectivity index (χ3v) is 4.73. The van der Waals surface area contributed by atoms with Gasteiger partial charge in [-0.2, -0.15) is 0 Å². The number of aliphatic hydroxyl groups is 1. The number of amides is 1. The van der Waals surface area contributed by atoms with E-state index in [1.165, 1.54) is 0 Å². The van der Waals surface area contributed by atoms with Crippen LogP contribution in [0.5, 0.6) is 11.5 Å². The van der Waals surface area contributed by atoms with E-state index in [1.54, 1.807) is 75.6 Å². The highest BCUT2D eigenvalue weighted by Crippen LogP contribution is 2.30. The molecule has 33 heavy (non-hydrogen) atoms. The van der Waals surface area contributed by atoms with Crippen LogP contribution < -0.4 is 14.8 Å². The number of methoxy groups -OCH3 is 1. The number of rotatable bonds is 11. The summed E-state index contributed by atoms with van der Waals surface area (Å²) in [6, 6.07) is 13.9. The second-order valence-corrected chi connectivity index (χ2v) is 7.25. The van der Waals surface area contributed by atoms with E-state index in [-0.39, 0.29) is 25.7 Å². The molecule has 8 heteroatoms. The predicted octanol–water partition coefficient (Wildman–Crippen LogP) is 4.50. The zero-order valence-electron chi connectivity index (χ0n) is 19.4. The molecule has 0 saturated carbocycles. The van der Waals surface area contributed by atoms with Crippen LogP contribution in [0.4, 0.5) is 10.5 Å². The van der Waals surface area contributed by atoms with Gasteiger partial charge in [0.1, 0.15) is 24.2 Å². The first-order chi connectivity index (χ1) is 15.9. The molecule has 0 aromatic heterocycles. The molecular formula is C25H31NO7. The molecule has 0 radical (unpaired) electrons. The molecule has 0 bridgehead atoms. The lowest BCUT2D eigenvalue weighted by molar-refractivity contribution is -0.138. The zero-order chi connectivity index (χ0) is 24.2. The van der Waals surface area contributed by atoms with Crippen LogP contribution in [0.3, 0.4) is 0 Å². The van der Waals surface area contributed by atoms with Crippen LogP contribution in [0.2, 0.25) is 0 Å². The van der Waals surface area contributed by atoms with Crippen LogP contribution in [-0.4, -0.2) is 44.1 Å². The zero-order valence-corrected chi connectivity index (χ0v) is 19.4. The van der Waals surface area contributed by atoms with Crippen LogP contribution in [0.25, 0.3) is 0 Å². The summed E-state index contributed by atoms with van der Waals surface area (Å²) in [5.41, 5.74) is 1.70. The molecule has 2 rings (SSSR count). The molecule has 8 nitrogen and oxygen atoms in total. The van der Waals surface area contributed by atoms with Crippen LogP contribution in [-0.2, 0) is 14.3 Å². The van der Waals surface area contributed by atoms with Gasteiger partial charge in [-0.25, -0.2) is 9.59 Å². The van der Waals surface area contributed by atoms with E-state index in [2.05, 4.69) is 5.32 Å². The molecule has 0 unspecified atom stereocenters. The fraction of sp³-hybridized carbons (Fsp3) is 0.360. The predicted molar refractivity (Wildman–Crippen MR) is 124 cm³/mol. The number of carbonyl (C=O) groups is 2. The average Bonchev–Trinajstić information content (AvgIpc) is 2.82. The summed E-state index contributed by atoms with van der Waals surface area (Å²) in [5.74, 6) is 0.502. The maximum absolute atomic E-state index is 12.7. The number of hydrogen-bond acceptors (Lipinski definition) is 7. The molecule has 2 aromatic rings. The largest absolute Gasteiger partial charge is 0.497 e. The molecule has 1 amide bonds. The second kappa shape index (κ2) is 13.1. The fourth-order valence-corrected chi connectivity index (χ4v) is 3.13. The topological polar surface area (TPSA) is 103 Å². The maximum Gasteiger partial charge on any atom is 0.412 e. The minimum absolute atomic E-state index is 0.0893. The Kier molecular flexibility index (Phi) is 10.2. The number of ether oxygens (including phenoxy) is 4. The first-order valence-corrected chi connectivity index (χ1v) is 10.7. The van der Waals surface area contributed by atoms with Crippen molar-refractivity contribution in [2.75, 3.05) is 32.2 Å². The summed E-state index contributed by atoms with van der Waals surface area (Å²) in [7, 11) is 1.56. The third-order valence-electron chi connectivity index (χ3n) is 4.73. The van der Waals surface area contributed by atoms with Crippen molar-refractivity contribution < 1.29 is 33.6 Å². The van der Waals surface area contributed by atoms with Crippen molar-refractivity contribution in [3.8, 4) is 11.5 Å². The number of aliphatic hydroxyl groups excluding tert-OH is 1. The van der Waals surface area contributed by atoms with Crippen LogP contribution in [0, 0.1) is 5.92 Å². The van der Waals surface area contributed by atoms with E-state index < -0.39 is 18.2 Å². The van der Waals surface area contributed by atoms with E-state index >= 15 is 0 Å². The van der Waals surface area contributed by atoms with Crippen molar-refractivity contribution in [2.45, 2.75) is 26.9 Å². The van der Waals surface area contributed by atoms with Crippen molar-refractivity contribution in [1.82, 2.24) is 0 Å². The molecule has 178 valence electrons. The minimum atomic E-state index is -0.681. The number of nitrogens with one attached hydrogen (secondary N) is 1. The highest BCUT2D eigenvalue weighted by atomic mass is 16.6. The van der Waals surface area contributed by atoms with Crippen molar-refractivity contribution in [1.29, 1.82) is 0 Å². The highest BCUT2D eigenvalue weighted by molar-refractivity contribution is 5.88. The summed E-state index contributed by atoms with van der Waals surface area (Å²) in [4.78, 5) is 24.7. The SMILES string of the molecule is CCOC(=O)/C(C)=C/[C@@H](C)[C@@H](OC(=O)Nc1ccc(OC)cc1)c1ccc(OCCO)cc1. The Bertz CT molecular complexity index is 923. The Balaban J connectivity index is 2.22. The number of benzene rings is 2. The van der Waals surface area contributed by atoms with Gasteiger partial charge in [-0.3, -0.25) is 5.32 Å². The Labute approximate surface area is 194 Å². The Morgan fingerprint density at radius 3 is 2.27 bits per heavy atom. The molecule has 0 aliphatic carbocycles. The monoisotopic (exact) mass is 457 g/mol. The van der Waals surface area contributed by atoms with Crippen molar-refractivity contribution in [3.63, 3.8) is 0 Å². The van der Waals surface area contributed by atoms with Gasteiger partial charge in [0.05, 0.1) is 20.3 Å². The van der Waals surface area contributed by atoms with Crippen LogP contribution in [0.15, 0.2) is 60.2 Å². The van der Waals surface area contributed by atoms with Crippen LogP contribution >= 0.6 is 0 Å². The summed E-state index contributed by atoms with van der Waals surface area (Å²) < 4.78 is 21.3. The molecule has 0 spiro atoms. The molecular weight excluding hydrogens is 426 g/mol. The molecule has 0 aliphatic rings. The fourth-order valence-electron chi connectivity index (χ4n) is 3.13. The molecule has 0 aliphatic heterocycles. The first-order valence-electron chi connectivity index (χ1n) is 10.7. The molecule has 0 saturated heterocycles. The van der Waals surface area contributed by atoms with E-state index in [9.17, 15) is 9.59 Å². The number of hydrogen-bond donors (Lipinski definition) is 2. The van der Waals surface area contributed by atoms with Crippen LogP contribution in [0.1, 0.15) is 32.4 Å². The molecule has 0 heterocycles. The van der Waals surface area contributed by atoms with Gasteiger partial charge in [-0.1, -0.05) is 25.1 Å². The van der Waals surface area contributed by atoms with Gasteiger partial charge < -0.3 is 24.1 Å². The van der Waals surface area contributed by atoms with Gasteiger partial charge in [0.25, 0.3) is 0 Å². The summed E-state index contributed by atoms with van der Waals surface area (Å²) in [6.45, 7) is 5.62. The summed E-state index contributed by atoms with van der Waals surface area (Å²) >= 11 is 0. The summed E-state index contributed by atoms with van der Waals surface area (Å²) in [5, 5.41) is 11.6. The standard InChI is InChI=1S/C25H31NO7/c1-5-31-24(28)18(3)16-17(2)23(19-6-10-22(11-7-19)32-15-14-27)33-25(29)26-20-8-12-21(30-4)13-9-20/h6-13,16-17,23,27H,5,14-15H2,1-4H3,(H,26,29)/b18-16+/t17-,23-/m1/s1. The van der Waals surface area contributed by atoms with Gasteiger partial charge in [0.2, 0.25) is 0 Å². The maximum atomic E-state index is 12.7. The lowest BCUT2D eigenvalue weighted by Gasteiger charge is -2.23. The van der Waals surface area contributed by atoms with Crippen molar-refractivity contribution in [2.24, 2.45) is 5.92 Å². The number of carbonyl (C=O) groups excluding carboxylic acids is 2. The number of esters is 1. The molecule has 2 atom stereocenters.